The third-order valence-electron chi connectivity index (χ3n) is 4.92. The smallest absolute Gasteiger partial charge is 0.233 e. The molecule has 7 nitrogen and oxygen atoms in total. The number of amides is 1. The standard InChI is InChI=1S/C19H23ClN4O3S/c20-15-5-3-14(4-6-15)18-21-22-19(24(18)12-16-2-1-9-27-16)28-13-17(25)23-7-10-26-11-8-23/h3-6,16H,1-2,7-13H2/t16-/m1/s1. The third kappa shape index (κ3) is 4.68. The van der Waals surface area contributed by atoms with Gasteiger partial charge in [0.15, 0.2) is 11.0 Å². The normalized spacial score (nSPS) is 19.9. The molecule has 9 heteroatoms. The van der Waals surface area contributed by atoms with E-state index in [0.29, 0.717) is 43.6 Å². The maximum atomic E-state index is 12.5. The van der Waals surface area contributed by atoms with Gasteiger partial charge in [0, 0.05) is 30.3 Å². The molecule has 1 amide bonds. The van der Waals surface area contributed by atoms with Gasteiger partial charge in [-0.25, -0.2) is 0 Å². The molecule has 1 aromatic heterocycles. The topological polar surface area (TPSA) is 69.5 Å². The Morgan fingerprint density at radius 2 is 1.96 bits per heavy atom. The Bertz CT molecular complexity index is 802. The molecular formula is C19H23ClN4O3S. The second-order valence-electron chi connectivity index (χ2n) is 6.84. The van der Waals surface area contributed by atoms with Gasteiger partial charge in [-0.2, -0.15) is 0 Å². The predicted molar refractivity (Wildman–Crippen MR) is 108 cm³/mol. The molecule has 0 spiro atoms. The number of thioether (sulfide) groups is 1. The highest BCUT2D eigenvalue weighted by Crippen LogP contribution is 2.27. The molecule has 4 rings (SSSR count). The van der Waals surface area contributed by atoms with Crippen molar-refractivity contribution in [3.05, 3.63) is 29.3 Å². The van der Waals surface area contributed by atoms with E-state index in [-0.39, 0.29) is 12.0 Å². The van der Waals surface area contributed by atoms with Crippen LogP contribution in [0.1, 0.15) is 12.8 Å². The van der Waals surface area contributed by atoms with Crippen LogP contribution in [0.3, 0.4) is 0 Å². The monoisotopic (exact) mass is 422 g/mol. The van der Waals surface area contributed by atoms with E-state index in [9.17, 15) is 4.79 Å². The third-order valence-corrected chi connectivity index (χ3v) is 6.12. The second-order valence-corrected chi connectivity index (χ2v) is 8.22. The molecule has 2 saturated heterocycles. The van der Waals surface area contributed by atoms with Gasteiger partial charge in [0.05, 0.1) is 31.6 Å². The van der Waals surface area contributed by atoms with E-state index < -0.39 is 0 Å². The summed E-state index contributed by atoms with van der Waals surface area (Å²) < 4.78 is 13.2. The van der Waals surface area contributed by atoms with Crippen LogP contribution in [0, 0.1) is 0 Å². The second kappa shape index (κ2) is 9.26. The molecule has 0 radical (unpaired) electrons. The van der Waals surface area contributed by atoms with E-state index in [2.05, 4.69) is 14.8 Å². The zero-order valence-electron chi connectivity index (χ0n) is 15.6. The molecular weight excluding hydrogens is 400 g/mol. The van der Waals surface area contributed by atoms with Crippen LogP contribution in [-0.4, -0.2) is 70.3 Å². The Labute approximate surface area is 173 Å². The SMILES string of the molecule is O=C(CSc1nnc(-c2ccc(Cl)cc2)n1C[C@H]1CCCO1)N1CCOCC1. The van der Waals surface area contributed by atoms with Crippen molar-refractivity contribution in [1.82, 2.24) is 19.7 Å². The van der Waals surface area contributed by atoms with E-state index in [4.69, 9.17) is 21.1 Å². The minimum absolute atomic E-state index is 0.105. The molecule has 2 fully saturated rings. The molecule has 28 heavy (non-hydrogen) atoms. The van der Waals surface area contributed by atoms with Crippen molar-refractivity contribution in [2.24, 2.45) is 0 Å². The van der Waals surface area contributed by atoms with Crippen molar-refractivity contribution in [2.75, 3.05) is 38.7 Å². The van der Waals surface area contributed by atoms with Crippen molar-refractivity contribution >= 4 is 29.3 Å². The summed E-state index contributed by atoms with van der Waals surface area (Å²) in [5, 5.41) is 10.2. The van der Waals surface area contributed by atoms with Gasteiger partial charge in [-0.15, -0.1) is 10.2 Å². The van der Waals surface area contributed by atoms with E-state index in [1.54, 1.807) is 0 Å². The lowest BCUT2D eigenvalue weighted by Crippen LogP contribution is -2.41. The minimum atomic E-state index is 0.105. The first-order chi connectivity index (χ1) is 13.7. The largest absolute Gasteiger partial charge is 0.378 e. The zero-order chi connectivity index (χ0) is 19.3. The number of aromatic nitrogens is 3. The van der Waals surface area contributed by atoms with Crippen molar-refractivity contribution in [3.8, 4) is 11.4 Å². The number of morpholine rings is 1. The van der Waals surface area contributed by atoms with Gasteiger partial charge in [0.25, 0.3) is 0 Å². The van der Waals surface area contributed by atoms with Crippen LogP contribution in [0.25, 0.3) is 11.4 Å². The Kier molecular flexibility index (Phi) is 6.51. The van der Waals surface area contributed by atoms with Crippen LogP contribution in [0.2, 0.25) is 5.02 Å². The van der Waals surface area contributed by atoms with Gasteiger partial charge in [-0.1, -0.05) is 23.4 Å². The summed E-state index contributed by atoms with van der Waals surface area (Å²) in [5.74, 6) is 1.21. The average Bonchev–Trinajstić information content (AvgIpc) is 3.38. The first kappa shape index (κ1) is 19.7. The summed E-state index contributed by atoms with van der Waals surface area (Å²) in [6.07, 6.45) is 2.24. The number of rotatable bonds is 6. The Hall–Kier alpha value is -1.61. The fourth-order valence-corrected chi connectivity index (χ4v) is 4.37. The molecule has 3 heterocycles. The van der Waals surface area contributed by atoms with Crippen LogP contribution in [0.5, 0.6) is 0 Å². The Balaban J connectivity index is 1.52. The molecule has 2 aliphatic heterocycles. The van der Waals surface area contributed by atoms with Crippen molar-refractivity contribution < 1.29 is 14.3 Å². The van der Waals surface area contributed by atoms with E-state index in [1.165, 1.54) is 11.8 Å². The highest BCUT2D eigenvalue weighted by atomic mass is 35.5. The molecule has 0 aliphatic carbocycles. The number of hydrogen-bond acceptors (Lipinski definition) is 6. The van der Waals surface area contributed by atoms with Crippen LogP contribution >= 0.6 is 23.4 Å². The van der Waals surface area contributed by atoms with Crippen molar-refractivity contribution in [1.29, 1.82) is 0 Å². The van der Waals surface area contributed by atoms with Crippen molar-refractivity contribution in [3.63, 3.8) is 0 Å². The lowest BCUT2D eigenvalue weighted by atomic mass is 10.2. The Morgan fingerprint density at radius 1 is 1.18 bits per heavy atom. The van der Waals surface area contributed by atoms with Gasteiger partial charge in [-0.3, -0.25) is 9.36 Å². The molecule has 150 valence electrons. The van der Waals surface area contributed by atoms with Gasteiger partial charge in [0.2, 0.25) is 5.91 Å². The maximum Gasteiger partial charge on any atom is 0.233 e. The molecule has 2 aromatic rings. The van der Waals surface area contributed by atoms with Crippen LogP contribution < -0.4 is 0 Å². The number of nitrogens with zero attached hydrogens (tertiary/aromatic N) is 4. The number of hydrogen-bond donors (Lipinski definition) is 0. The number of carbonyl (C=O) groups is 1. The molecule has 0 saturated carbocycles. The van der Waals surface area contributed by atoms with Crippen LogP contribution in [0.15, 0.2) is 29.4 Å². The zero-order valence-corrected chi connectivity index (χ0v) is 17.1. The van der Waals surface area contributed by atoms with Crippen molar-refractivity contribution in [2.45, 2.75) is 30.6 Å². The van der Waals surface area contributed by atoms with Crippen LogP contribution in [-0.2, 0) is 20.8 Å². The first-order valence-electron chi connectivity index (χ1n) is 9.50. The first-order valence-corrected chi connectivity index (χ1v) is 10.9. The summed E-state index contributed by atoms with van der Waals surface area (Å²) in [6, 6.07) is 7.56. The van der Waals surface area contributed by atoms with Gasteiger partial charge in [-0.05, 0) is 37.1 Å². The maximum absolute atomic E-state index is 12.5. The lowest BCUT2D eigenvalue weighted by Gasteiger charge is -2.26. The number of benzene rings is 1. The molecule has 2 aliphatic rings. The van der Waals surface area contributed by atoms with Crippen LogP contribution in [0.4, 0.5) is 0 Å². The van der Waals surface area contributed by atoms with E-state index >= 15 is 0 Å². The summed E-state index contributed by atoms with van der Waals surface area (Å²) in [5.41, 5.74) is 0.946. The quantitative estimate of drug-likeness (QED) is 0.667. The highest BCUT2D eigenvalue weighted by molar-refractivity contribution is 7.99. The van der Waals surface area contributed by atoms with Gasteiger partial charge in [0.1, 0.15) is 0 Å². The number of halogens is 1. The van der Waals surface area contributed by atoms with Gasteiger partial charge < -0.3 is 14.4 Å². The highest BCUT2D eigenvalue weighted by Gasteiger charge is 2.23. The number of ether oxygens (including phenoxy) is 2. The molecule has 0 bridgehead atoms. The summed E-state index contributed by atoms with van der Waals surface area (Å²) in [7, 11) is 0. The van der Waals surface area contributed by atoms with E-state index in [1.807, 2.05) is 29.2 Å². The summed E-state index contributed by atoms with van der Waals surface area (Å²) in [4.78, 5) is 14.3. The summed E-state index contributed by atoms with van der Waals surface area (Å²) in [6.45, 7) is 3.98. The molecule has 0 N–H and O–H groups in total. The molecule has 1 aromatic carbocycles. The Morgan fingerprint density at radius 3 is 2.68 bits per heavy atom. The minimum Gasteiger partial charge on any atom is -0.378 e. The van der Waals surface area contributed by atoms with E-state index in [0.717, 1.165) is 36.0 Å². The average molecular weight is 423 g/mol. The lowest BCUT2D eigenvalue weighted by molar-refractivity contribution is -0.132. The van der Waals surface area contributed by atoms with Gasteiger partial charge >= 0.3 is 0 Å². The number of carbonyl (C=O) groups excluding carboxylic acids is 1. The molecule has 1 atom stereocenters. The molecule has 0 unspecified atom stereocenters. The summed E-state index contributed by atoms with van der Waals surface area (Å²) >= 11 is 7.45. The fourth-order valence-electron chi connectivity index (χ4n) is 3.39. The predicted octanol–water partition coefficient (Wildman–Crippen LogP) is 2.73. The fraction of sp³-hybridized carbons (Fsp3) is 0.526.